The molecule has 116 valence electrons. The topological polar surface area (TPSA) is 59.6 Å². The van der Waals surface area contributed by atoms with Crippen molar-refractivity contribution < 1.29 is 14.3 Å². The summed E-state index contributed by atoms with van der Waals surface area (Å²) in [7, 11) is 3.29. The highest BCUT2D eigenvalue weighted by atomic mass is 16.5. The third kappa shape index (κ3) is 5.63. The van der Waals surface area contributed by atoms with Gasteiger partial charge in [-0.05, 0) is 43.5 Å². The van der Waals surface area contributed by atoms with E-state index in [2.05, 4.69) is 10.6 Å². The lowest BCUT2D eigenvalue weighted by Crippen LogP contribution is -2.26. The quantitative estimate of drug-likeness (QED) is 0.682. The number of benzene rings is 1. The number of carbonyl (C=O) groups is 1. The van der Waals surface area contributed by atoms with Crippen molar-refractivity contribution in [2.45, 2.75) is 38.3 Å². The highest BCUT2D eigenvalue weighted by Gasteiger charge is 2.22. The van der Waals surface area contributed by atoms with Gasteiger partial charge in [0.25, 0.3) is 0 Å². The average Bonchev–Trinajstić information content (AvgIpc) is 3.30. The largest absolute Gasteiger partial charge is 0.497 e. The van der Waals surface area contributed by atoms with Crippen molar-refractivity contribution in [1.29, 1.82) is 0 Å². The van der Waals surface area contributed by atoms with Crippen LogP contribution in [-0.2, 0) is 11.3 Å². The number of rotatable bonds is 9. The molecule has 0 unspecified atom stereocenters. The molecule has 0 heterocycles. The Morgan fingerprint density at radius 1 is 1.19 bits per heavy atom. The van der Waals surface area contributed by atoms with E-state index in [1.807, 2.05) is 18.2 Å². The lowest BCUT2D eigenvalue weighted by molar-refractivity contribution is -0.121. The molecule has 1 aliphatic rings. The van der Waals surface area contributed by atoms with E-state index < -0.39 is 0 Å². The Kier molecular flexibility index (Phi) is 5.87. The normalized spacial score (nSPS) is 13.8. The van der Waals surface area contributed by atoms with E-state index in [9.17, 15) is 4.79 Å². The van der Waals surface area contributed by atoms with Gasteiger partial charge in [-0.1, -0.05) is 0 Å². The molecule has 21 heavy (non-hydrogen) atoms. The van der Waals surface area contributed by atoms with Crippen molar-refractivity contribution in [2.75, 3.05) is 20.8 Å². The fourth-order valence-corrected chi connectivity index (χ4v) is 2.10. The van der Waals surface area contributed by atoms with E-state index in [0.717, 1.165) is 49.4 Å². The number of ether oxygens (including phenoxy) is 2. The third-order valence-electron chi connectivity index (χ3n) is 3.44. The van der Waals surface area contributed by atoms with E-state index in [4.69, 9.17) is 9.47 Å². The SMILES string of the molecule is COc1cc(CNCCCC(=O)NC2CC2)cc(OC)c1. The first-order valence-corrected chi connectivity index (χ1v) is 7.43. The standard InChI is InChI=1S/C16H24N2O3/c1-20-14-8-12(9-15(10-14)21-2)11-17-7-3-4-16(19)18-13-5-6-13/h8-10,13,17H,3-7,11H2,1-2H3,(H,18,19). The van der Waals surface area contributed by atoms with Crippen LogP contribution < -0.4 is 20.1 Å². The summed E-state index contributed by atoms with van der Waals surface area (Å²) in [6, 6.07) is 6.27. The van der Waals surface area contributed by atoms with E-state index in [0.29, 0.717) is 12.5 Å². The molecule has 0 spiro atoms. The second-order valence-electron chi connectivity index (χ2n) is 5.34. The molecule has 1 amide bonds. The summed E-state index contributed by atoms with van der Waals surface area (Å²) in [5, 5.41) is 6.33. The molecule has 0 bridgehead atoms. The van der Waals surface area contributed by atoms with Crippen LogP contribution >= 0.6 is 0 Å². The smallest absolute Gasteiger partial charge is 0.220 e. The zero-order valence-corrected chi connectivity index (χ0v) is 12.8. The van der Waals surface area contributed by atoms with E-state index >= 15 is 0 Å². The molecule has 1 aliphatic carbocycles. The van der Waals surface area contributed by atoms with Crippen molar-refractivity contribution in [3.05, 3.63) is 23.8 Å². The Balaban J connectivity index is 1.66. The molecule has 5 nitrogen and oxygen atoms in total. The zero-order valence-electron chi connectivity index (χ0n) is 12.8. The van der Waals surface area contributed by atoms with E-state index in [-0.39, 0.29) is 5.91 Å². The summed E-state index contributed by atoms with van der Waals surface area (Å²) < 4.78 is 10.5. The second kappa shape index (κ2) is 7.88. The van der Waals surface area contributed by atoms with Crippen LogP contribution in [0.5, 0.6) is 11.5 Å². The van der Waals surface area contributed by atoms with Gasteiger partial charge in [0.1, 0.15) is 11.5 Å². The van der Waals surface area contributed by atoms with Crippen LogP contribution in [0.3, 0.4) is 0 Å². The van der Waals surface area contributed by atoms with E-state index in [1.165, 1.54) is 0 Å². The third-order valence-corrected chi connectivity index (χ3v) is 3.44. The molecule has 2 rings (SSSR count). The first kappa shape index (κ1) is 15.6. The van der Waals surface area contributed by atoms with Crippen LogP contribution in [0.4, 0.5) is 0 Å². The van der Waals surface area contributed by atoms with Gasteiger partial charge in [-0.3, -0.25) is 4.79 Å². The number of hydrogen-bond acceptors (Lipinski definition) is 4. The van der Waals surface area contributed by atoms with Gasteiger partial charge in [-0.25, -0.2) is 0 Å². The summed E-state index contributed by atoms with van der Waals surface area (Å²) in [5.74, 6) is 1.74. The minimum Gasteiger partial charge on any atom is -0.497 e. The molecule has 1 aromatic carbocycles. The monoisotopic (exact) mass is 292 g/mol. The van der Waals surface area contributed by atoms with Crippen LogP contribution in [-0.4, -0.2) is 32.7 Å². The number of carbonyl (C=O) groups excluding carboxylic acids is 1. The van der Waals surface area contributed by atoms with Crippen LogP contribution in [0.25, 0.3) is 0 Å². The molecule has 1 fully saturated rings. The van der Waals surface area contributed by atoms with Gasteiger partial charge < -0.3 is 20.1 Å². The van der Waals surface area contributed by atoms with E-state index in [1.54, 1.807) is 14.2 Å². The first-order chi connectivity index (χ1) is 10.2. The summed E-state index contributed by atoms with van der Waals surface area (Å²) in [6.07, 6.45) is 3.72. The summed E-state index contributed by atoms with van der Waals surface area (Å²) >= 11 is 0. The fourth-order valence-electron chi connectivity index (χ4n) is 2.10. The van der Waals surface area contributed by atoms with Crippen molar-refractivity contribution in [3.63, 3.8) is 0 Å². The Bertz CT molecular complexity index is 450. The Labute approximate surface area is 126 Å². The predicted octanol–water partition coefficient (Wildman–Crippen LogP) is 1.85. The minimum atomic E-state index is 0.169. The molecule has 0 aromatic heterocycles. The average molecular weight is 292 g/mol. The van der Waals surface area contributed by atoms with Gasteiger partial charge in [0, 0.05) is 25.1 Å². The zero-order chi connectivity index (χ0) is 15.1. The van der Waals surface area contributed by atoms with Gasteiger partial charge in [0.15, 0.2) is 0 Å². The summed E-state index contributed by atoms with van der Waals surface area (Å²) in [5.41, 5.74) is 1.11. The van der Waals surface area contributed by atoms with Crippen LogP contribution in [0.1, 0.15) is 31.2 Å². The first-order valence-electron chi connectivity index (χ1n) is 7.43. The molecule has 0 radical (unpaired) electrons. The molecular weight excluding hydrogens is 268 g/mol. The maximum Gasteiger partial charge on any atom is 0.220 e. The second-order valence-corrected chi connectivity index (χ2v) is 5.34. The molecule has 5 heteroatoms. The molecule has 0 aliphatic heterocycles. The number of nitrogens with one attached hydrogen (secondary N) is 2. The highest BCUT2D eigenvalue weighted by molar-refractivity contribution is 5.76. The Morgan fingerprint density at radius 3 is 2.43 bits per heavy atom. The minimum absolute atomic E-state index is 0.169. The molecule has 0 atom stereocenters. The lowest BCUT2D eigenvalue weighted by atomic mass is 10.2. The number of hydrogen-bond donors (Lipinski definition) is 2. The lowest BCUT2D eigenvalue weighted by Gasteiger charge is -2.09. The maximum absolute atomic E-state index is 11.5. The molecule has 1 saturated carbocycles. The predicted molar refractivity (Wildman–Crippen MR) is 81.7 cm³/mol. The molecule has 0 saturated heterocycles. The molecular formula is C16H24N2O3. The van der Waals surface area contributed by atoms with Gasteiger partial charge in [-0.15, -0.1) is 0 Å². The van der Waals surface area contributed by atoms with Crippen molar-refractivity contribution in [3.8, 4) is 11.5 Å². The molecule has 2 N–H and O–H groups in total. The van der Waals surface area contributed by atoms with Crippen LogP contribution in [0, 0.1) is 0 Å². The van der Waals surface area contributed by atoms with Crippen molar-refractivity contribution >= 4 is 5.91 Å². The van der Waals surface area contributed by atoms with Crippen molar-refractivity contribution in [2.24, 2.45) is 0 Å². The summed E-state index contributed by atoms with van der Waals surface area (Å²) in [6.45, 7) is 1.55. The van der Waals surface area contributed by atoms with Gasteiger partial charge in [0.05, 0.1) is 14.2 Å². The summed E-state index contributed by atoms with van der Waals surface area (Å²) in [4.78, 5) is 11.5. The van der Waals surface area contributed by atoms with Gasteiger partial charge in [0.2, 0.25) is 5.91 Å². The Hall–Kier alpha value is -1.75. The van der Waals surface area contributed by atoms with Gasteiger partial charge >= 0.3 is 0 Å². The number of amides is 1. The van der Waals surface area contributed by atoms with Gasteiger partial charge in [-0.2, -0.15) is 0 Å². The maximum atomic E-state index is 11.5. The fraction of sp³-hybridized carbons (Fsp3) is 0.562. The molecule has 1 aromatic rings. The van der Waals surface area contributed by atoms with Crippen LogP contribution in [0.2, 0.25) is 0 Å². The highest BCUT2D eigenvalue weighted by Crippen LogP contribution is 2.22. The van der Waals surface area contributed by atoms with Crippen molar-refractivity contribution in [1.82, 2.24) is 10.6 Å². The number of methoxy groups -OCH3 is 2. The Morgan fingerprint density at radius 2 is 1.86 bits per heavy atom. The van der Waals surface area contributed by atoms with Crippen LogP contribution in [0.15, 0.2) is 18.2 Å².